The van der Waals surface area contributed by atoms with Crippen LogP contribution in [0.3, 0.4) is 0 Å². The van der Waals surface area contributed by atoms with E-state index in [1.165, 1.54) is 42.2 Å². The number of aromatic amines is 1. The van der Waals surface area contributed by atoms with Gasteiger partial charge in [0.25, 0.3) is 5.69 Å². The molecule has 0 saturated heterocycles. The minimum atomic E-state index is -0.344. The largest absolute Gasteiger partial charge is 0.489 e. The Kier molecular flexibility index (Phi) is 5.10. The molecule has 2 aliphatic carbocycles. The number of aromatic nitrogens is 1. The van der Waals surface area contributed by atoms with Crippen molar-refractivity contribution in [2.45, 2.75) is 49.0 Å². The van der Waals surface area contributed by atoms with Crippen molar-refractivity contribution < 1.29 is 9.66 Å². The number of nitro benzene ring substituents is 1. The van der Waals surface area contributed by atoms with Gasteiger partial charge in [0.2, 0.25) is 0 Å². The van der Waals surface area contributed by atoms with E-state index in [0.717, 1.165) is 21.0 Å². The molecule has 0 radical (unpaired) electrons. The number of nitrogens with zero attached hydrogens (tertiary/aromatic N) is 1. The maximum Gasteiger partial charge on any atom is 0.305 e. The summed E-state index contributed by atoms with van der Waals surface area (Å²) in [5, 5.41) is 13.1. The van der Waals surface area contributed by atoms with Gasteiger partial charge in [-0.25, -0.2) is 0 Å². The average Bonchev–Trinajstić information content (AvgIpc) is 3.51. The van der Waals surface area contributed by atoms with Crippen LogP contribution in [0.2, 0.25) is 0 Å². The van der Waals surface area contributed by atoms with Crippen LogP contribution in [0, 0.1) is 34.8 Å². The number of ether oxygens (including phenoxy) is 1. The molecule has 1 aromatic heterocycles. The number of non-ortho nitro benzene ring substituents is 1. The standard InChI is InChI=1S/C25H24N2O4S2/c1-13-2-4-14(5-3-13)12-31-19-9-8-17(27(29)30)11-18(19)21-20-15-6-7-16(10-15)22(20)32-24-23(21)33-25(28)26-24/h2-5,8-9,11,15-16,20-22H,6-7,10,12H2,1H3,(H,26,28)/t15-,16+,20-,21-,22-/m0/s1. The van der Waals surface area contributed by atoms with Crippen molar-refractivity contribution in [2.24, 2.45) is 17.8 Å². The highest BCUT2D eigenvalue weighted by molar-refractivity contribution is 8.00. The fourth-order valence-electron chi connectivity index (χ4n) is 6.07. The first-order valence-electron chi connectivity index (χ1n) is 11.3. The van der Waals surface area contributed by atoms with Gasteiger partial charge in [-0.3, -0.25) is 14.9 Å². The molecule has 33 heavy (non-hydrogen) atoms. The van der Waals surface area contributed by atoms with Crippen LogP contribution in [0.1, 0.15) is 46.7 Å². The van der Waals surface area contributed by atoms with E-state index >= 15 is 0 Å². The molecule has 2 heterocycles. The third-order valence-corrected chi connectivity index (χ3v) is 10.1. The maximum absolute atomic E-state index is 12.3. The number of thiazole rings is 1. The molecule has 0 unspecified atom stereocenters. The zero-order valence-electron chi connectivity index (χ0n) is 18.2. The second kappa shape index (κ2) is 8.02. The van der Waals surface area contributed by atoms with E-state index in [4.69, 9.17) is 4.74 Å². The molecule has 1 aliphatic heterocycles. The number of rotatable bonds is 5. The van der Waals surface area contributed by atoms with Gasteiger partial charge in [-0.15, -0.1) is 11.8 Å². The third-order valence-electron chi connectivity index (χ3n) is 7.52. The molecule has 0 spiro atoms. The van der Waals surface area contributed by atoms with Crippen molar-refractivity contribution in [3.63, 3.8) is 0 Å². The second-order valence-electron chi connectivity index (χ2n) is 9.43. The minimum absolute atomic E-state index is 0.0570. The topological polar surface area (TPSA) is 85.2 Å². The quantitative estimate of drug-likeness (QED) is 0.364. The van der Waals surface area contributed by atoms with E-state index in [2.05, 4.69) is 17.1 Å². The summed E-state index contributed by atoms with van der Waals surface area (Å²) in [7, 11) is 0. The van der Waals surface area contributed by atoms with Gasteiger partial charge in [0.1, 0.15) is 12.4 Å². The first-order chi connectivity index (χ1) is 16.0. The Morgan fingerprint density at radius 3 is 2.73 bits per heavy atom. The normalized spacial score (nSPS) is 27.2. The molecule has 2 saturated carbocycles. The monoisotopic (exact) mass is 480 g/mol. The van der Waals surface area contributed by atoms with E-state index < -0.39 is 0 Å². The SMILES string of the molecule is Cc1ccc(COc2ccc([N+](=O)[O-])cc2[C@@H]2c3sc(=O)[nH]c3S[C@H]3[C@@H]4CC[C@@H](C4)[C@@H]23)cc1. The predicted molar refractivity (Wildman–Crippen MR) is 129 cm³/mol. The highest BCUT2D eigenvalue weighted by Crippen LogP contribution is 2.64. The Balaban J connectivity index is 1.44. The van der Waals surface area contributed by atoms with E-state index in [0.29, 0.717) is 35.4 Å². The highest BCUT2D eigenvalue weighted by Gasteiger charge is 2.55. The highest BCUT2D eigenvalue weighted by atomic mass is 32.2. The van der Waals surface area contributed by atoms with E-state index in [9.17, 15) is 14.9 Å². The maximum atomic E-state index is 12.3. The molecule has 0 amide bonds. The number of thioether (sulfide) groups is 1. The fourth-order valence-corrected chi connectivity index (χ4v) is 8.95. The Morgan fingerprint density at radius 2 is 1.94 bits per heavy atom. The van der Waals surface area contributed by atoms with Crippen LogP contribution in [0.15, 0.2) is 52.3 Å². The summed E-state index contributed by atoms with van der Waals surface area (Å²) >= 11 is 3.07. The van der Waals surface area contributed by atoms with Crippen LogP contribution < -0.4 is 9.61 Å². The first kappa shape index (κ1) is 21.0. The van der Waals surface area contributed by atoms with Gasteiger partial charge < -0.3 is 9.72 Å². The molecule has 2 bridgehead atoms. The number of benzene rings is 2. The average molecular weight is 481 g/mol. The number of hydrogen-bond donors (Lipinski definition) is 1. The summed E-state index contributed by atoms with van der Waals surface area (Å²) in [6.07, 6.45) is 3.65. The second-order valence-corrected chi connectivity index (χ2v) is 11.6. The predicted octanol–water partition coefficient (Wildman–Crippen LogP) is 5.88. The van der Waals surface area contributed by atoms with Crippen molar-refractivity contribution in [3.8, 4) is 5.75 Å². The smallest absolute Gasteiger partial charge is 0.305 e. The van der Waals surface area contributed by atoms with Crippen molar-refractivity contribution in [1.82, 2.24) is 4.98 Å². The molecular weight excluding hydrogens is 456 g/mol. The molecule has 2 fully saturated rings. The third kappa shape index (κ3) is 3.60. The molecule has 3 aliphatic rings. The Hall–Kier alpha value is -2.58. The molecule has 170 valence electrons. The van der Waals surface area contributed by atoms with E-state index in [1.807, 2.05) is 30.8 Å². The number of nitrogens with one attached hydrogen (secondary N) is 1. The van der Waals surface area contributed by atoms with Crippen LogP contribution in [0.4, 0.5) is 5.69 Å². The number of aryl methyl sites for hydroxylation is 1. The van der Waals surface area contributed by atoms with Crippen LogP contribution in [0.5, 0.6) is 5.75 Å². The molecule has 5 atom stereocenters. The van der Waals surface area contributed by atoms with Crippen LogP contribution in [-0.4, -0.2) is 15.2 Å². The summed E-state index contributed by atoms with van der Waals surface area (Å²) in [4.78, 5) is 27.7. The zero-order chi connectivity index (χ0) is 22.7. The van der Waals surface area contributed by atoms with Crippen LogP contribution >= 0.6 is 23.1 Å². The lowest BCUT2D eigenvalue weighted by molar-refractivity contribution is -0.385. The number of hydrogen-bond acceptors (Lipinski definition) is 6. The van der Waals surface area contributed by atoms with Crippen LogP contribution in [-0.2, 0) is 6.61 Å². The number of nitro groups is 1. The summed E-state index contributed by atoms with van der Waals surface area (Å²) in [5.41, 5.74) is 3.14. The molecule has 6 nitrogen and oxygen atoms in total. The number of fused-ring (bicyclic) bond motifs is 6. The lowest BCUT2D eigenvalue weighted by Crippen LogP contribution is -2.33. The van der Waals surface area contributed by atoms with Gasteiger partial charge in [-0.05, 0) is 55.6 Å². The molecule has 2 aromatic carbocycles. The van der Waals surface area contributed by atoms with Crippen LogP contribution in [0.25, 0.3) is 0 Å². The lowest BCUT2D eigenvalue weighted by Gasteiger charge is -2.40. The van der Waals surface area contributed by atoms with Crippen molar-refractivity contribution in [3.05, 3.63) is 83.8 Å². The molecular formula is C25H24N2O4S2. The number of H-pyrrole nitrogens is 1. The van der Waals surface area contributed by atoms with Gasteiger partial charge in [0.15, 0.2) is 0 Å². The summed E-state index contributed by atoms with van der Waals surface area (Å²) in [6, 6.07) is 13.1. The molecule has 3 aromatic rings. The summed E-state index contributed by atoms with van der Waals surface area (Å²) in [6.45, 7) is 2.44. The Morgan fingerprint density at radius 1 is 1.15 bits per heavy atom. The molecule has 8 heteroatoms. The van der Waals surface area contributed by atoms with Crippen molar-refractivity contribution in [1.29, 1.82) is 0 Å². The summed E-state index contributed by atoms with van der Waals surface area (Å²) < 4.78 is 6.29. The van der Waals surface area contributed by atoms with Crippen molar-refractivity contribution >= 4 is 28.8 Å². The van der Waals surface area contributed by atoms with E-state index in [1.54, 1.807) is 12.1 Å². The first-order valence-corrected chi connectivity index (χ1v) is 13.0. The minimum Gasteiger partial charge on any atom is -0.489 e. The lowest BCUT2D eigenvalue weighted by atomic mass is 9.74. The van der Waals surface area contributed by atoms with Crippen molar-refractivity contribution in [2.75, 3.05) is 0 Å². The van der Waals surface area contributed by atoms with Gasteiger partial charge in [-0.2, -0.15) is 0 Å². The zero-order valence-corrected chi connectivity index (χ0v) is 19.8. The fraction of sp³-hybridized carbons (Fsp3) is 0.400. The van der Waals surface area contributed by atoms with Gasteiger partial charge in [0.05, 0.1) is 9.95 Å². The Labute approximate surface area is 199 Å². The van der Waals surface area contributed by atoms with Gasteiger partial charge in [0, 0.05) is 33.7 Å². The molecule has 6 rings (SSSR count). The van der Waals surface area contributed by atoms with Gasteiger partial charge >= 0.3 is 4.87 Å². The molecule has 1 N–H and O–H groups in total. The van der Waals surface area contributed by atoms with Gasteiger partial charge in [-0.1, -0.05) is 41.2 Å². The van der Waals surface area contributed by atoms with E-state index in [-0.39, 0.29) is 21.4 Å². The Bertz CT molecular complexity index is 1280. The summed E-state index contributed by atoms with van der Waals surface area (Å²) in [5.74, 6) is 2.23.